The summed E-state index contributed by atoms with van der Waals surface area (Å²) in [4.78, 5) is 18.7. The van der Waals surface area contributed by atoms with Crippen LogP contribution in [-0.4, -0.2) is 50.4 Å². The smallest absolute Gasteiger partial charge is 0.407 e. The highest BCUT2D eigenvalue weighted by Gasteiger charge is 2.15. The van der Waals surface area contributed by atoms with Crippen molar-refractivity contribution < 1.29 is 9.53 Å². The maximum absolute atomic E-state index is 11.6. The van der Waals surface area contributed by atoms with Crippen molar-refractivity contribution in [3.63, 3.8) is 0 Å². The Balaban J connectivity index is 0.00000450. The average molecular weight is 529 g/mol. The molecule has 7 nitrogen and oxygen atoms in total. The highest BCUT2D eigenvalue weighted by atomic mass is 127. The van der Waals surface area contributed by atoms with Crippen molar-refractivity contribution in [3.05, 3.63) is 42.0 Å². The van der Waals surface area contributed by atoms with Crippen LogP contribution in [0.1, 0.15) is 39.7 Å². The van der Waals surface area contributed by atoms with E-state index in [9.17, 15) is 4.79 Å². The number of nitrogens with one attached hydrogen (secondary N) is 3. The predicted molar refractivity (Wildman–Crippen MR) is 135 cm³/mol. The number of benzene rings is 1. The number of carbonyl (C=O) groups is 1. The Hall–Kier alpha value is -1.97. The molecule has 0 aromatic heterocycles. The first-order valence-corrected chi connectivity index (χ1v) is 10.4. The molecule has 8 heteroatoms. The normalized spacial score (nSPS) is 13.6. The second kappa shape index (κ2) is 13.4. The van der Waals surface area contributed by atoms with Crippen molar-refractivity contribution in [2.24, 2.45) is 4.99 Å². The molecule has 0 saturated heterocycles. The number of hydrogen-bond donors (Lipinski definition) is 3. The van der Waals surface area contributed by atoms with E-state index in [-0.39, 0.29) is 30.1 Å². The molecular formula is C22H36IN5O2. The second-order valence-corrected chi connectivity index (χ2v) is 7.95. The quantitative estimate of drug-likeness (QED) is 0.158. The number of rotatable bonds is 8. The van der Waals surface area contributed by atoms with E-state index in [0.717, 1.165) is 32.0 Å². The van der Waals surface area contributed by atoms with Gasteiger partial charge in [0.2, 0.25) is 0 Å². The van der Waals surface area contributed by atoms with Crippen LogP contribution in [-0.2, 0) is 11.3 Å². The number of nitrogens with zero attached hydrogens (tertiary/aromatic N) is 2. The monoisotopic (exact) mass is 529 g/mol. The zero-order chi connectivity index (χ0) is 21.1. The van der Waals surface area contributed by atoms with E-state index in [2.05, 4.69) is 62.3 Å². The summed E-state index contributed by atoms with van der Waals surface area (Å²) in [6.45, 7) is 12.2. The summed E-state index contributed by atoms with van der Waals surface area (Å²) in [5.74, 6) is 0.776. The van der Waals surface area contributed by atoms with Crippen LogP contribution in [0.3, 0.4) is 0 Å². The summed E-state index contributed by atoms with van der Waals surface area (Å²) in [7, 11) is 0. The minimum Gasteiger partial charge on any atom is -0.444 e. The third kappa shape index (κ3) is 10.2. The lowest BCUT2D eigenvalue weighted by atomic mass is 10.2. The van der Waals surface area contributed by atoms with E-state index in [1.807, 2.05) is 27.7 Å². The number of carbonyl (C=O) groups excluding carboxylic acids is 1. The van der Waals surface area contributed by atoms with Crippen LogP contribution >= 0.6 is 24.0 Å². The van der Waals surface area contributed by atoms with Gasteiger partial charge in [0, 0.05) is 38.4 Å². The third-order valence-electron chi connectivity index (χ3n) is 4.17. The summed E-state index contributed by atoms with van der Waals surface area (Å²) in [6.07, 6.45) is 4.78. The molecule has 168 valence electrons. The molecular weight excluding hydrogens is 493 g/mol. The Morgan fingerprint density at radius 1 is 1.13 bits per heavy atom. The number of amides is 1. The van der Waals surface area contributed by atoms with Gasteiger partial charge >= 0.3 is 6.09 Å². The van der Waals surface area contributed by atoms with Crippen LogP contribution in [0.25, 0.3) is 0 Å². The Kier molecular flexibility index (Phi) is 11.6. The van der Waals surface area contributed by atoms with Crippen LogP contribution in [0.4, 0.5) is 10.5 Å². The Morgan fingerprint density at radius 2 is 1.83 bits per heavy atom. The fourth-order valence-corrected chi connectivity index (χ4v) is 2.85. The van der Waals surface area contributed by atoms with Crippen LogP contribution in [0.5, 0.6) is 0 Å². The first-order valence-electron chi connectivity index (χ1n) is 10.4. The summed E-state index contributed by atoms with van der Waals surface area (Å²) in [5.41, 5.74) is 1.93. The van der Waals surface area contributed by atoms with Crippen LogP contribution in [0, 0.1) is 0 Å². The molecule has 1 aromatic rings. The van der Waals surface area contributed by atoms with Gasteiger partial charge in [-0.1, -0.05) is 24.3 Å². The fraction of sp³-hybridized carbons (Fsp3) is 0.545. The molecule has 0 fully saturated rings. The molecule has 1 aliphatic rings. The number of alkyl carbamates (subject to hydrolysis) is 1. The van der Waals surface area contributed by atoms with Gasteiger partial charge in [-0.3, -0.25) is 0 Å². The van der Waals surface area contributed by atoms with Gasteiger partial charge in [-0.15, -0.1) is 24.0 Å². The lowest BCUT2D eigenvalue weighted by molar-refractivity contribution is 0.0527. The molecule has 1 aliphatic heterocycles. The predicted octanol–water partition coefficient (Wildman–Crippen LogP) is 3.65. The molecule has 0 atom stereocenters. The maximum Gasteiger partial charge on any atom is 0.407 e. The molecule has 0 saturated carbocycles. The van der Waals surface area contributed by atoms with Gasteiger partial charge in [-0.2, -0.15) is 0 Å². The maximum atomic E-state index is 11.6. The molecule has 0 aliphatic carbocycles. The largest absolute Gasteiger partial charge is 0.444 e. The number of ether oxygens (including phenoxy) is 1. The second-order valence-electron chi connectivity index (χ2n) is 7.95. The zero-order valence-corrected chi connectivity index (χ0v) is 20.9. The molecule has 30 heavy (non-hydrogen) atoms. The zero-order valence-electron chi connectivity index (χ0n) is 18.5. The van der Waals surface area contributed by atoms with Crippen LogP contribution < -0.4 is 20.9 Å². The van der Waals surface area contributed by atoms with Gasteiger partial charge < -0.3 is 25.6 Å². The van der Waals surface area contributed by atoms with Gasteiger partial charge in [0.1, 0.15) is 5.60 Å². The molecule has 0 radical (unpaired) electrons. The molecule has 0 spiro atoms. The minimum atomic E-state index is -0.476. The van der Waals surface area contributed by atoms with Gasteiger partial charge in [-0.05, 0) is 51.8 Å². The first-order chi connectivity index (χ1) is 13.9. The number of anilines is 1. The molecule has 3 N–H and O–H groups in total. The molecule has 0 unspecified atom stereocenters. The van der Waals surface area contributed by atoms with E-state index < -0.39 is 5.60 Å². The van der Waals surface area contributed by atoms with Crippen LogP contribution in [0.2, 0.25) is 0 Å². The van der Waals surface area contributed by atoms with E-state index >= 15 is 0 Å². The third-order valence-corrected chi connectivity index (χ3v) is 4.17. The van der Waals surface area contributed by atoms with Crippen molar-refractivity contribution in [1.82, 2.24) is 16.0 Å². The van der Waals surface area contributed by atoms with Gasteiger partial charge in [0.05, 0.1) is 6.54 Å². The topological polar surface area (TPSA) is 78.0 Å². The lowest BCUT2D eigenvalue weighted by Gasteiger charge is -2.19. The first kappa shape index (κ1) is 26.1. The average Bonchev–Trinajstić information content (AvgIpc) is 3.19. The number of hydrogen-bond acceptors (Lipinski definition) is 4. The Labute approximate surface area is 197 Å². The fourth-order valence-electron chi connectivity index (χ4n) is 2.85. The lowest BCUT2D eigenvalue weighted by Crippen LogP contribution is -2.39. The van der Waals surface area contributed by atoms with Crippen molar-refractivity contribution in [1.29, 1.82) is 0 Å². The van der Waals surface area contributed by atoms with E-state index in [1.54, 1.807) is 0 Å². The number of guanidine groups is 1. The molecule has 1 amide bonds. The summed E-state index contributed by atoms with van der Waals surface area (Å²) < 4.78 is 5.22. The highest BCUT2D eigenvalue weighted by molar-refractivity contribution is 14.0. The Morgan fingerprint density at radius 3 is 2.50 bits per heavy atom. The highest BCUT2D eigenvalue weighted by Crippen LogP contribution is 2.18. The van der Waals surface area contributed by atoms with Crippen LogP contribution in [0.15, 0.2) is 41.4 Å². The minimum absolute atomic E-state index is 0. The molecule has 1 heterocycles. The van der Waals surface area contributed by atoms with Crippen molar-refractivity contribution in [2.75, 3.05) is 37.6 Å². The summed E-state index contributed by atoms with van der Waals surface area (Å²) in [6, 6.07) is 8.53. The van der Waals surface area contributed by atoms with E-state index in [0.29, 0.717) is 19.6 Å². The SMILES string of the molecule is CCNC(=NCc1cccc(N2CC=CC2)c1)NCCCNC(=O)OC(C)(C)C.I. The number of aliphatic imine (C=N–C) groups is 1. The molecule has 2 rings (SSSR count). The summed E-state index contributed by atoms with van der Waals surface area (Å²) in [5, 5.41) is 9.33. The van der Waals surface area contributed by atoms with E-state index in [1.165, 1.54) is 11.3 Å². The molecule has 1 aromatic carbocycles. The number of halogens is 1. The van der Waals surface area contributed by atoms with Crippen molar-refractivity contribution in [3.8, 4) is 0 Å². The molecule has 0 bridgehead atoms. The van der Waals surface area contributed by atoms with Gasteiger partial charge in [0.25, 0.3) is 0 Å². The summed E-state index contributed by atoms with van der Waals surface area (Å²) >= 11 is 0. The van der Waals surface area contributed by atoms with E-state index in [4.69, 9.17) is 4.74 Å². The van der Waals surface area contributed by atoms with Crippen molar-refractivity contribution >= 4 is 41.7 Å². The van der Waals surface area contributed by atoms with Gasteiger partial charge in [-0.25, -0.2) is 9.79 Å². The Bertz CT molecular complexity index is 708. The van der Waals surface area contributed by atoms with Crippen molar-refractivity contribution in [2.45, 2.75) is 46.3 Å². The van der Waals surface area contributed by atoms with Gasteiger partial charge in [0.15, 0.2) is 5.96 Å². The standard InChI is InChI=1S/C22H35N5O2.HI/c1-5-23-20(24-12-9-13-25-21(28)29-22(2,3)4)26-17-18-10-8-11-19(16-18)27-14-6-7-15-27;/h6-8,10-11,16H,5,9,12-15,17H2,1-4H3,(H,25,28)(H2,23,24,26);1H.